The van der Waals surface area contributed by atoms with Crippen molar-refractivity contribution in [2.75, 3.05) is 19.8 Å². The Morgan fingerprint density at radius 1 is 1.35 bits per heavy atom. The second kappa shape index (κ2) is 5.47. The van der Waals surface area contributed by atoms with Gasteiger partial charge >= 0.3 is 0 Å². The smallest absolute Gasteiger partial charge is 0.138 e. The Kier molecular flexibility index (Phi) is 3.84. The Morgan fingerprint density at radius 3 is 2.85 bits per heavy atom. The van der Waals surface area contributed by atoms with Gasteiger partial charge in [-0.2, -0.15) is 0 Å². The van der Waals surface area contributed by atoms with Crippen LogP contribution in [0.1, 0.15) is 49.2 Å². The van der Waals surface area contributed by atoms with Crippen molar-refractivity contribution in [1.29, 1.82) is 0 Å². The second-order valence-corrected chi connectivity index (χ2v) is 6.15. The van der Waals surface area contributed by atoms with E-state index in [1.807, 2.05) is 13.8 Å². The molecule has 0 saturated carbocycles. The van der Waals surface area contributed by atoms with Crippen LogP contribution in [0, 0.1) is 13.8 Å². The zero-order chi connectivity index (χ0) is 14.2. The van der Waals surface area contributed by atoms with Crippen LogP contribution in [0.3, 0.4) is 0 Å². The van der Waals surface area contributed by atoms with Crippen molar-refractivity contribution < 1.29 is 14.0 Å². The van der Waals surface area contributed by atoms with Gasteiger partial charge in [0, 0.05) is 37.3 Å². The summed E-state index contributed by atoms with van der Waals surface area (Å²) in [4.78, 5) is 0. The van der Waals surface area contributed by atoms with Gasteiger partial charge in [-0.3, -0.25) is 0 Å². The number of aryl methyl sites for hydroxylation is 2. The Labute approximate surface area is 120 Å². The monoisotopic (exact) mass is 280 g/mol. The summed E-state index contributed by atoms with van der Waals surface area (Å²) in [6, 6.07) is 0.720. The van der Waals surface area contributed by atoms with Crippen LogP contribution in [0.15, 0.2) is 4.52 Å². The summed E-state index contributed by atoms with van der Waals surface area (Å²) >= 11 is 0. The molecule has 1 aromatic rings. The van der Waals surface area contributed by atoms with E-state index in [-0.39, 0.29) is 11.6 Å². The first kappa shape index (κ1) is 14.0. The van der Waals surface area contributed by atoms with E-state index in [1.54, 1.807) is 0 Å². The minimum atomic E-state index is -0.0472. The quantitative estimate of drug-likeness (QED) is 0.920. The fourth-order valence-electron chi connectivity index (χ4n) is 3.58. The van der Waals surface area contributed by atoms with E-state index >= 15 is 0 Å². The van der Waals surface area contributed by atoms with E-state index in [0.717, 1.165) is 50.5 Å². The van der Waals surface area contributed by atoms with Crippen molar-refractivity contribution in [2.45, 2.75) is 57.7 Å². The maximum atomic E-state index is 5.98. The molecule has 1 spiro atoms. The number of nitrogens with zero attached hydrogens (tertiary/aromatic N) is 1. The average molecular weight is 280 g/mol. The zero-order valence-corrected chi connectivity index (χ0v) is 12.6. The van der Waals surface area contributed by atoms with Crippen molar-refractivity contribution in [1.82, 2.24) is 10.5 Å². The van der Waals surface area contributed by atoms with Crippen LogP contribution in [0.4, 0.5) is 0 Å². The third-order valence-corrected chi connectivity index (χ3v) is 4.57. The predicted octanol–water partition coefficient (Wildman–Crippen LogP) is 2.28. The fourth-order valence-corrected chi connectivity index (χ4v) is 3.58. The van der Waals surface area contributed by atoms with Crippen molar-refractivity contribution in [2.24, 2.45) is 0 Å². The number of rotatable bonds is 3. The van der Waals surface area contributed by atoms with Gasteiger partial charge in [0.25, 0.3) is 0 Å². The van der Waals surface area contributed by atoms with E-state index in [1.165, 1.54) is 5.56 Å². The average Bonchev–Trinajstić information content (AvgIpc) is 2.97. The van der Waals surface area contributed by atoms with Gasteiger partial charge in [-0.25, -0.2) is 0 Å². The number of aromatic nitrogens is 1. The second-order valence-electron chi connectivity index (χ2n) is 6.15. The SMILES string of the molecule is Cc1noc(C)c1C(C)NC1CCOC2(CCOC2)C1. The molecule has 0 radical (unpaired) electrons. The van der Waals surface area contributed by atoms with Crippen LogP contribution >= 0.6 is 0 Å². The lowest BCUT2D eigenvalue weighted by Crippen LogP contribution is -2.48. The summed E-state index contributed by atoms with van der Waals surface area (Å²) < 4.78 is 16.8. The van der Waals surface area contributed by atoms with Crippen LogP contribution < -0.4 is 5.32 Å². The molecule has 20 heavy (non-hydrogen) atoms. The molecule has 0 aliphatic carbocycles. The molecule has 2 aliphatic rings. The van der Waals surface area contributed by atoms with Gasteiger partial charge in [-0.1, -0.05) is 5.16 Å². The number of ether oxygens (including phenoxy) is 2. The van der Waals surface area contributed by atoms with Crippen LogP contribution in [-0.2, 0) is 9.47 Å². The molecule has 2 aliphatic heterocycles. The van der Waals surface area contributed by atoms with E-state index in [0.29, 0.717) is 6.04 Å². The van der Waals surface area contributed by atoms with E-state index < -0.39 is 0 Å². The van der Waals surface area contributed by atoms with Crippen LogP contribution in [0.2, 0.25) is 0 Å². The molecule has 5 nitrogen and oxygen atoms in total. The summed E-state index contributed by atoms with van der Waals surface area (Å²) in [7, 11) is 0. The number of nitrogens with one attached hydrogen (secondary N) is 1. The summed E-state index contributed by atoms with van der Waals surface area (Å²) in [5.74, 6) is 0.911. The van der Waals surface area contributed by atoms with Gasteiger partial charge in [0.15, 0.2) is 0 Å². The maximum Gasteiger partial charge on any atom is 0.138 e. The fraction of sp³-hybridized carbons (Fsp3) is 0.800. The van der Waals surface area contributed by atoms with Crippen molar-refractivity contribution in [3.63, 3.8) is 0 Å². The van der Waals surface area contributed by atoms with Crippen LogP contribution in [0.25, 0.3) is 0 Å². The van der Waals surface area contributed by atoms with Gasteiger partial charge < -0.3 is 19.3 Å². The molecule has 2 saturated heterocycles. The van der Waals surface area contributed by atoms with Crippen LogP contribution in [0.5, 0.6) is 0 Å². The largest absolute Gasteiger partial charge is 0.378 e. The molecule has 3 rings (SSSR count). The highest BCUT2D eigenvalue weighted by molar-refractivity contribution is 5.24. The van der Waals surface area contributed by atoms with Gasteiger partial charge in [0.05, 0.1) is 17.9 Å². The molecular weight excluding hydrogens is 256 g/mol. The Hall–Kier alpha value is -0.910. The zero-order valence-electron chi connectivity index (χ0n) is 12.6. The molecule has 0 bridgehead atoms. The molecule has 1 N–H and O–H groups in total. The lowest BCUT2D eigenvalue weighted by atomic mass is 9.89. The first-order valence-electron chi connectivity index (χ1n) is 7.50. The highest BCUT2D eigenvalue weighted by Gasteiger charge is 2.41. The molecule has 3 unspecified atom stereocenters. The van der Waals surface area contributed by atoms with E-state index in [2.05, 4.69) is 17.4 Å². The van der Waals surface area contributed by atoms with Gasteiger partial charge in [0.1, 0.15) is 5.76 Å². The molecule has 112 valence electrons. The normalized spacial score (nSPS) is 31.9. The van der Waals surface area contributed by atoms with E-state index in [4.69, 9.17) is 14.0 Å². The first-order valence-corrected chi connectivity index (χ1v) is 7.50. The number of hydrogen-bond acceptors (Lipinski definition) is 5. The summed E-state index contributed by atoms with van der Waals surface area (Å²) in [5, 5.41) is 7.76. The summed E-state index contributed by atoms with van der Waals surface area (Å²) in [6.45, 7) is 8.54. The molecule has 5 heteroatoms. The van der Waals surface area contributed by atoms with Crippen molar-refractivity contribution in [3.05, 3.63) is 17.0 Å². The molecule has 0 aromatic carbocycles. The van der Waals surface area contributed by atoms with Crippen molar-refractivity contribution in [3.8, 4) is 0 Å². The minimum Gasteiger partial charge on any atom is -0.378 e. The van der Waals surface area contributed by atoms with E-state index in [9.17, 15) is 0 Å². The minimum absolute atomic E-state index is 0.0472. The van der Waals surface area contributed by atoms with Gasteiger partial charge in [-0.05, 0) is 33.6 Å². The van der Waals surface area contributed by atoms with Crippen molar-refractivity contribution >= 4 is 0 Å². The van der Waals surface area contributed by atoms with Gasteiger partial charge in [0.2, 0.25) is 0 Å². The molecule has 0 amide bonds. The number of hydrogen-bond donors (Lipinski definition) is 1. The Bertz CT molecular complexity index is 446. The molecule has 2 fully saturated rings. The highest BCUT2D eigenvalue weighted by Crippen LogP contribution is 2.34. The predicted molar refractivity (Wildman–Crippen MR) is 74.7 cm³/mol. The molecule has 3 atom stereocenters. The van der Waals surface area contributed by atoms with Crippen LogP contribution in [-0.4, -0.2) is 36.6 Å². The third-order valence-electron chi connectivity index (χ3n) is 4.57. The highest BCUT2D eigenvalue weighted by atomic mass is 16.6. The lowest BCUT2D eigenvalue weighted by Gasteiger charge is -2.38. The molecule has 3 heterocycles. The first-order chi connectivity index (χ1) is 9.60. The van der Waals surface area contributed by atoms with Gasteiger partial charge in [-0.15, -0.1) is 0 Å². The third kappa shape index (κ3) is 2.62. The summed E-state index contributed by atoms with van der Waals surface area (Å²) in [6.07, 6.45) is 3.10. The maximum absolute atomic E-state index is 5.98. The lowest BCUT2D eigenvalue weighted by molar-refractivity contribution is -0.0902. The summed E-state index contributed by atoms with van der Waals surface area (Å²) in [5.41, 5.74) is 2.12. The standard InChI is InChI=1S/C15H24N2O3/c1-10(14-11(2)17-20-12(14)3)16-13-4-6-19-15(8-13)5-7-18-9-15/h10,13,16H,4-9H2,1-3H3. The molecular formula is C15H24N2O3. The Balaban J connectivity index is 1.65. The topological polar surface area (TPSA) is 56.5 Å². The molecule has 1 aromatic heterocycles. The Morgan fingerprint density at radius 2 is 2.20 bits per heavy atom.